The minimum Gasteiger partial charge on any atom is -0.322 e. The number of hydrogen-bond donors (Lipinski definition) is 1. The smallest absolute Gasteiger partial charge is 0.0603 e. The highest BCUT2D eigenvalue weighted by Crippen LogP contribution is 2.25. The molecule has 0 aliphatic rings. The average Bonchev–Trinajstić information content (AvgIpc) is 2.32. The number of rotatable bonds is 3. The Hall–Kier alpha value is -1.09. The van der Waals surface area contributed by atoms with Gasteiger partial charge < -0.3 is 5.73 Å². The van der Waals surface area contributed by atoms with Gasteiger partial charge >= 0.3 is 0 Å². The number of pyridine rings is 1. The highest BCUT2D eigenvalue weighted by molar-refractivity contribution is 6.35. The fourth-order valence-electron chi connectivity index (χ4n) is 2.13. The van der Waals surface area contributed by atoms with Gasteiger partial charge in [-0.25, -0.2) is 0 Å². The number of nitrogens with zero attached hydrogens (tertiary/aromatic N) is 1. The van der Waals surface area contributed by atoms with Gasteiger partial charge in [-0.2, -0.15) is 0 Å². The van der Waals surface area contributed by atoms with Crippen molar-refractivity contribution < 1.29 is 0 Å². The molecule has 0 saturated heterocycles. The molecule has 1 aromatic carbocycles. The van der Waals surface area contributed by atoms with Crippen LogP contribution in [-0.4, -0.2) is 4.98 Å². The van der Waals surface area contributed by atoms with Gasteiger partial charge in [-0.3, -0.25) is 4.98 Å². The summed E-state index contributed by atoms with van der Waals surface area (Å²) in [6.07, 6.45) is 2.48. The van der Waals surface area contributed by atoms with E-state index >= 15 is 0 Å². The lowest BCUT2D eigenvalue weighted by Gasteiger charge is -2.15. The third-order valence-electron chi connectivity index (χ3n) is 3.06. The molecule has 1 aromatic heterocycles. The largest absolute Gasteiger partial charge is 0.322 e. The van der Waals surface area contributed by atoms with Crippen molar-refractivity contribution in [2.75, 3.05) is 0 Å². The van der Waals surface area contributed by atoms with E-state index in [4.69, 9.17) is 28.9 Å². The van der Waals surface area contributed by atoms with E-state index in [1.807, 2.05) is 32.2 Å². The number of aryl methyl sites for hydroxylation is 2. The second-order valence-corrected chi connectivity index (χ2v) is 5.60. The van der Waals surface area contributed by atoms with Crippen molar-refractivity contribution in [1.29, 1.82) is 0 Å². The van der Waals surface area contributed by atoms with Crippen molar-refractivity contribution in [2.45, 2.75) is 26.3 Å². The van der Waals surface area contributed by atoms with E-state index < -0.39 is 0 Å². The summed E-state index contributed by atoms with van der Waals surface area (Å²) in [5.74, 6) is 0. The maximum Gasteiger partial charge on any atom is 0.0603 e. The monoisotopic (exact) mass is 294 g/mol. The normalized spacial score (nSPS) is 12.5. The van der Waals surface area contributed by atoms with Crippen LogP contribution in [0.25, 0.3) is 0 Å². The van der Waals surface area contributed by atoms with E-state index in [0.29, 0.717) is 16.5 Å². The van der Waals surface area contributed by atoms with Gasteiger partial charge in [0.05, 0.1) is 11.7 Å². The molecule has 2 N–H and O–H groups in total. The Kier molecular flexibility index (Phi) is 4.46. The summed E-state index contributed by atoms with van der Waals surface area (Å²) in [7, 11) is 0. The molecule has 1 unspecified atom stereocenters. The first kappa shape index (κ1) is 14.3. The molecule has 0 bridgehead atoms. The molecular weight excluding hydrogens is 279 g/mol. The molecule has 1 heterocycles. The van der Waals surface area contributed by atoms with E-state index in [9.17, 15) is 0 Å². The molecule has 1 atom stereocenters. The van der Waals surface area contributed by atoms with Gasteiger partial charge in [0.15, 0.2) is 0 Å². The Morgan fingerprint density at radius 2 is 1.95 bits per heavy atom. The highest BCUT2D eigenvalue weighted by atomic mass is 35.5. The number of benzene rings is 1. The van der Waals surface area contributed by atoms with Gasteiger partial charge in [-0.1, -0.05) is 35.3 Å². The molecule has 2 aromatic rings. The summed E-state index contributed by atoms with van der Waals surface area (Å²) in [6, 6.07) is 7.39. The van der Waals surface area contributed by atoms with Gasteiger partial charge in [0, 0.05) is 16.2 Å². The molecule has 0 fully saturated rings. The summed E-state index contributed by atoms with van der Waals surface area (Å²) >= 11 is 12.1. The lowest BCUT2D eigenvalue weighted by Crippen LogP contribution is -2.16. The SMILES string of the molecule is Cc1cnc(C(N)Cc2ccc(Cl)cc2Cl)c(C)c1. The average molecular weight is 295 g/mol. The second kappa shape index (κ2) is 5.91. The van der Waals surface area contributed by atoms with Crippen molar-refractivity contribution in [2.24, 2.45) is 5.73 Å². The predicted molar refractivity (Wildman–Crippen MR) is 80.8 cm³/mol. The Morgan fingerprint density at radius 3 is 2.58 bits per heavy atom. The van der Waals surface area contributed by atoms with Crippen LogP contribution in [0, 0.1) is 13.8 Å². The maximum atomic E-state index is 6.23. The number of hydrogen-bond acceptors (Lipinski definition) is 2. The van der Waals surface area contributed by atoms with Crippen LogP contribution in [0.2, 0.25) is 10.0 Å². The fourth-order valence-corrected chi connectivity index (χ4v) is 2.62. The van der Waals surface area contributed by atoms with Gasteiger partial charge in [-0.15, -0.1) is 0 Å². The third kappa shape index (κ3) is 3.47. The molecule has 2 nitrogen and oxygen atoms in total. The van der Waals surface area contributed by atoms with E-state index in [1.165, 1.54) is 0 Å². The third-order valence-corrected chi connectivity index (χ3v) is 3.65. The molecule has 0 aliphatic heterocycles. The summed E-state index contributed by atoms with van der Waals surface area (Å²) < 4.78 is 0. The first-order valence-electron chi connectivity index (χ1n) is 6.10. The molecule has 0 spiro atoms. The van der Waals surface area contributed by atoms with E-state index in [-0.39, 0.29) is 6.04 Å². The van der Waals surface area contributed by atoms with Gasteiger partial charge in [0.25, 0.3) is 0 Å². The van der Waals surface area contributed by atoms with Gasteiger partial charge in [-0.05, 0) is 49.1 Å². The zero-order valence-corrected chi connectivity index (χ0v) is 12.5. The Balaban J connectivity index is 2.23. The number of aromatic nitrogens is 1. The van der Waals surface area contributed by atoms with Crippen molar-refractivity contribution in [1.82, 2.24) is 4.98 Å². The topological polar surface area (TPSA) is 38.9 Å². The molecule has 0 amide bonds. The van der Waals surface area contributed by atoms with Gasteiger partial charge in [0.2, 0.25) is 0 Å². The Labute approximate surface area is 123 Å². The van der Waals surface area contributed by atoms with Crippen LogP contribution < -0.4 is 5.73 Å². The predicted octanol–water partition coefficient (Wildman–Crippen LogP) is 4.25. The van der Waals surface area contributed by atoms with E-state index in [2.05, 4.69) is 11.1 Å². The lowest BCUT2D eigenvalue weighted by atomic mass is 10.00. The molecule has 100 valence electrons. The quantitative estimate of drug-likeness (QED) is 0.919. The standard InChI is InChI=1S/C15H16Cl2N2/c1-9-5-10(2)15(19-8-9)14(18)6-11-3-4-12(16)7-13(11)17/h3-5,7-8,14H,6,18H2,1-2H3. The summed E-state index contributed by atoms with van der Waals surface area (Å²) in [5, 5.41) is 1.28. The van der Waals surface area contributed by atoms with Crippen LogP contribution >= 0.6 is 23.2 Å². The van der Waals surface area contributed by atoms with Crippen LogP contribution in [0.1, 0.15) is 28.4 Å². The lowest BCUT2D eigenvalue weighted by molar-refractivity contribution is 0.689. The van der Waals surface area contributed by atoms with Crippen molar-refractivity contribution >= 4 is 23.2 Å². The first-order valence-corrected chi connectivity index (χ1v) is 6.85. The Morgan fingerprint density at radius 1 is 1.21 bits per heavy atom. The van der Waals surface area contributed by atoms with E-state index in [1.54, 1.807) is 6.07 Å². The Bertz CT molecular complexity index is 597. The minimum atomic E-state index is -0.167. The van der Waals surface area contributed by atoms with Crippen LogP contribution in [0.15, 0.2) is 30.5 Å². The summed E-state index contributed by atoms with van der Waals surface area (Å²) in [5.41, 5.74) is 10.4. The van der Waals surface area contributed by atoms with Crippen molar-refractivity contribution in [3.8, 4) is 0 Å². The van der Waals surface area contributed by atoms with Crippen LogP contribution in [0.4, 0.5) is 0 Å². The fraction of sp³-hybridized carbons (Fsp3) is 0.267. The summed E-state index contributed by atoms with van der Waals surface area (Å²) in [4.78, 5) is 4.43. The zero-order chi connectivity index (χ0) is 14.0. The maximum absolute atomic E-state index is 6.23. The van der Waals surface area contributed by atoms with E-state index in [0.717, 1.165) is 22.4 Å². The molecule has 2 rings (SSSR count). The zero-order valence-electron chi connectivity index (χ0n) is 11.0. The van der Waals surface area contributed by atoms with Crippen molar-refractivity contribution in [3.05, 3.63) is 62.9 Å². The van der Waals surface area contributed by atoms with Crippen LogP contribution in [0.5, 0.6) is 0 Å². The first-order chi connectivity index (χ1) is 8.97. The second-order valence-electron chi connectivity index (χ2n) is 4.76. The summed E-state index contributed by atoms with van der Waals surface area (Å²) in [6.45, 7) is 4.05. The molecule has 0 saturated carbocycles. The minimum absolute atomic E-state index is 0.167. The highest BCUT2D eigenvalue weighted by Gasteiger charge is 2.13. The van der Waals surface area contributed by atoms with Crippen molar-refractivity contribution in [3.63, 3.8) is 0 Å². The molecule has 0 aliphatic carbocycles. The molecule has 4 heteroatoms. The number of nitrogens with two attached hydrogens (primary N) is 1. The van der Waals surface area contributed by atoms with Crippen LogP contribution in [-0.2, 0) is 6.42 Å². The number of halogens is 2. The molecular formula is C15H16Cl2N2. The van der Waals surface area contributed by atoms with Gasteiger partial charge in [0.1, 0.15) is 0 Å². The molecule has 19 heavy (non-hydrogen) atoms. The molecule has 0 radical (unpaired) electrons. The van der Waals surface area contributed by atoms with Crippen LogP contribution in [0.3, 0.4) is 0 Å².